The number of hydrogen-bond donors (Lipinski definition) is 5. The molecule has 240 valence electrons. The number of nitrogens with zero attached hydrogens (tertiary/aromatic N) is 2. The van der Waals surface area contributed by atoms with Crippen LogP contribution in [0.15, 0.2) is 59.1 Å². The number of rotatable bonds is 13. The van der Waals surface area contributed by atoms with Gasteiger partial charge < -0.3 is 21.2 Å². The average molecular weight is 597 g/mol. The molecule has 9 nitrogen and oxygen atoms in total. The molecule has 43 heavy (non-hydrogen) atoms. The van der Waals surface area contributed by atoms with Gasteiger partial charge in [0.1, 0.15) is 0 Å². The maximum Gasteiger partial charge on any atom is 0.306 e. The summed E-state index contributed by atoms with van der Waals surface area (Å²) in [5.41, 5.74) is 12.1. The first-order chi connectivity index (χ1) is 20.8. The summed E-state index contributed by atoms with van der Waals surface area (Å²) < 4.78 is 0. The number of carboxylic acids is 1. The van der Waals surface area contributed by atoms with E-state index in [0.717, 1.165) is 54.6 Å². The number of amides is 1. The Morgan fingerprint density at radius 2 is 1.67 bits per heavy atom. The van der Waals surface area contributed by atoms with Crippen LogP contribution in [0.25, 0.3) is 0 Å². The first-order valence-corrected chi connectivity index (χ1v) is 16.0. The monoisotopic (exact) mass is 596 g/mol. The number of allylic oxidation sites excluding steroid dienone is 4. The lowest BCUT2D eigenvalue weighted by Gasteiger charge is -2.21. The minimum atomic E-state index is -0.602. The lowest BCUT2D eigenvalue weighted by Crippen LogP contribution is -2.29. The molecular formula is C34H56N6O3. The molecule has 9 heteroatoms. The second kappa shape index (κ2) is 22.1. The van der Waals surface area contributed by atoms with Crippen molar-refractivity contribution < 1.29 is 14.7 Å². The van der Waals surface area contributed by atoms with E-state index in [1.807, 2.05) is 53.1 Å². The Bertz CT molecular complexity index is 1080. The fourth-order valence-electron chi connectivity index (χ4n) is 5.27. The molecular weight excluding hydrogens is 540 g/mol. The van der Waals surface area contributed by atoms with Crippen LogP contribution >= 0.6 is 0 Å². The molecule has 0 bridgehead atoms. The Morgan fingerprint density at radius 1 is 1.05 bits per heavy atom. The molecule has 1 heterocycles. The summed E-state index contributed by atoms with van der Waals surface area (Å²) in [6, 6.07) is 2.05. The number of carbonyl (C=O) groups excluding carboxylic acids is 1. The molecule has 0 aromatic carbocycles. The first kappa shape index (κ1) is 37.6. The Hall–Kier alpha value is -3.46. The van der Waals surface area contributed by atoms with Gasteiger partial charge in [0.25, 0.3) is 0 Å². The van der Waals surface area contributed by atoms with Crippen molar-refractivity contribution >= 4 is 18.3 Å². The van der Waals surface area contributed by atoms with E-state index in [1.165, 1.54) is 44.1 Å². The average Bonchev–Trinajstić information content (AvgIpc) is 3.04. The summed E-state index contributed by atoms with van der Waals surface area (Å²) >= 11 is 0. The van der Waals surface area contributed by atoms with E-state index < -0.39 is 5.97 Å². The van der Waals surface area contributed by atoms with Crippen LogP contribution in [0, 0.1) is 5.92 Å². The van der Waals surface area contributed by atoms with Crippen LogP contribution in [0.5, 0.6) is 0 Å². The normalized spacial score (nSPS) is 16.8. The summed E-state index contributed by atoms with van der Waals surface area (Å²) in [7, 11) is 1.84. The SMILES string of the molecule is C=C(C)\C(=C/C=C(C)/C(NNC)=C(/CC)CNc1nccc(C2CCCCC2)n1)NC=O.CC.O=C(O)C1CCCCC1. The predicted octanol–water partition coefficient (Wildman–Crippen LogP) is 7.15. The van der Waals surface area contributed by atoms with Gasteiger partial charge in [0.15, 0.2) is 0 Å². The second-order valence-electron chi connectivity index (χ2n) is 10.8. The van der Waals surface area contributed by atoms with E-state index in [-0.39, 0.29) is 5.92 Å². The largest absolute Gasteiger partial charge is 0.481 e. The summed E-state index contributed by atoms with van der Waals surface area (Å²) in [5.74, 6) is 0.590. The third-order valence-corrected chi connectivity index (χ3v) is 7.71. The number of aliphatic carboxylic acids is 1. The smallest absolute Gasteiger partial charge is 0.306 e. The van der Waals surface area contributed by atoms with Crippen molar-refractivity contribution in [1.82, 2.24) is 26.1 Å². The predicted molar refractivity (Wildman–Crippen MR) is 177 cm³/mol. The van der Waals surface area contributed by atoms with Crippen LogP contribution in [0.2, 0.25) is 0 Å². The van der Waals surface area contributed by atoms with Gasteiger partial charge in [-0.2, -0.15) is 0 Å². The number of nitrogens with one attached hydrogen (secondary N) is 4. The van der Waals surface area contributed by atoms with Gasteiger partial charge in [0.05, 0.1) is 11.6 Å². The van der Waals surface area contributed by atoms with Crippen molar-refractivity contribution in [3.63, 3.8) is 0 Å². The maximum atomic E-state index is 10.8. The minimum Gasteiger partial charge on any atom is -0.481 e. The molecule has 0 aliphatic heterocycles. The van der Waals surface area contributed by atoms with Crippen LogP contribution in [-0.4, -0.2) is 41.0 Å². The Labute approximate surface area is 259 Å². The number of aromatic nitrogens is 2. The van der Waals surface area contributed by atoms with Gasteiger partial charge in [-0.3, -0.25) is 9.59 Å². The van der Waals surface area contributed by atoms with Crippen molar-refractivity contribution in [2.75, 3.05) is 18.9 Å². The molecule has 0 spiro atoms. The van der Waals surface area contributed by atoms with Crippen molar-refractivity contribution in [2.45, 2.75) is 111 Å². The lowest BCUT2D eigenvalue weighted by atomic mass is 9.87. The molecule has 2 saturated carbocycles. The van der Waals surface area contributed by atoms with Crippen molar-refractivity contribution in [3.05, 3.63) is 64.8 Å². The molecule has 1 aromatic rings. The molecule has 1 amide bonds. The Balaban J connectivity index is 0.000000707. The maximum absolute atomic E-state index is 10.8. The van der Waals surface area contributed by atoms with Gasteiger partial charge in [0.2, 0.25) is 12.4 Å². The molecule has 2 aliphatic rings. The Kier molecular flexibility index (Phi) is 19.3. The van der Waals surface area contributed by atoms with Crippen LogP contribution in [0.4, 0.5) is 5.95 Å². The highest BCUT2D eigenvalue weighted by atomic mass is 16.4. The highest BCUT2D eigenvalue weighted by Gasteiger charge is 2.19. The summed E-state index contributed by atoms with van der Waals surface area (Å²) in [6.45, 7) is 14.6. The van der Waals surface area contributed by atoms with Crippen molar-refractivity contribution in [2.24, 2.45) is 5.92 Å². The quantitative estimate of drug-likeness (QED) is 0.0922. The van der Waals surface area contributed by atoms with Crippen LogP contribution in [0.1, 0.15) is 117 Å². The molecule has 3 rings (SSSR count). The highest BCUT2D eigenvalue weighted by Crippen LogP contribution is 2.31. The van der Waals surface area contributed by atoms with Crippen molar-refractivity contribution in [3.8, 4) is 0 Å². The van der Waals surface area contributed by atoms with E-state index >= 15 is 0 Å². The van der Waals surface area contributed by atoms with Gasteiger partial charge in [-0.25, -0.2) is 15.4 Å². The summed E-state index contributed by atoms with van der Waals surface area (Å²) in [4.78, 5) is 30.4. The molecule has 0 radical (unpaired) electrons. The van der Waals surface area contributed by atoms with E-state index in [2.05, 4.69) is 46.0 Å². The molecule has 0 unspecified atom stereocenters. The summed E-state index contributed by atoms with van der Waals surface area (Å²) in [6.07, 6.45) is 18.8. The van der Waals surface area contributed by atoms with Gasteiger partial charge in [-0.15, -0.1) is 0 Å². The van der Waals surface area contributed by atoms with Gasteiger partial charge in [0, 0.05) is 37.1 Å². The minimum absolute atomic E-state index is 0.0289. The number of carboxylic acid groups (broad SMARTS) is 1. The lowest BCUT2D eigenvalue weighted by molar-refractivity contribution is -0.142. The third kappa shape index (κ3) is 14.0. The number of carbonyl (C=O) groups is 2. The molecule has 1 aromatic heterocycles. The number of hydrazine groups is 1. The molecule has 5 N–H and O–H groups in total. The fourth-order valence-corrected chi connectivity index (χ4v) is 5.27. The van der Waals surface area contributed by atoms with E-state index in [9.17, 15) is 9.59 Å². The first-order valence-electron chi connectivity index (χ1n) is 16.0. The van der Waals surface area contributed by atoms with E-state index in [1.54, 1.807) is 0 Å². The van der Waals surface area contributed by atoms with Crippen molar-refractivity contribution in [1.29, 1.82) is 0 Å². The summed E-state index contributed by atoms with van der Waals surface area (Å²) in [5, 5.41) is 14.6. The zero-order valence-corrected chi connectivity index (χ0v) is 27.4. The second-order valence-corrected chi connectivity index (χ2v) is 10.8. The van der Waals surface area contributed by atoms with E-state index in [0.29, 0.717) is 30.5 Å². The van der Waals surface area contributed by atoms with E-state index in [4.69, 9.17) is 10.1 Å². The number of hydrogen-bond acceptors (Lipinski definition) is 7. The highest BCUT2D eigenvalue weighted by molar-refractivity contribution is 5.69. The molecule has 0 atom stereocenters. The zero-order valence-electron chi connectivity index (χ0n) is 27.4. The van der Waals surface area contributed by atoms with Crippen LogP contribution < -0.4 is 21.5 Å². The molecule has 2 fully saturated rings. The topological polar surface area (TPSA) is 128 Å². The van der Waals surface area contributed by atoms with Gasteiger partial charge in [-0.1, -0.05) is 72.0 Å². The molecule has 2 aliphatic carbocycles. The molecule has 0 saturated heterocycles. The van der Waals surface area contributed by atoms with Gasteiger partial charge >= 0.3 is 5.97 Å². The standard InChI is InChI=1S/C25H38N6O.C7H12O2.C2H6/c1-6-20(24(31-26-5)19(4)12-13-22(18(2)3)29-17-32)16-28-25-27-15-14-23(30-25)21-10-8-7-9-11-21;8-7(9)6-4-2-1-3-5-6;1-2/h12-15,17,21,26,31H,2,6-11,16H2,1,3-5H3,(H,29,32)(H,27,28,30);6H,1-5H2,(H,8,9);1-2H3/b19-12+,22-13+,24-20+;;. The van der Waals surface area contributed by atoms with Crippen LogP contribution in [0.3, 0.4) is 0 Å². The Morgan fingerprint density at radius 3 is 2.19 bits per heavy atom. The zero-order chi connectivity index (χ0) is 32.0. The number of anilines is 1. The fraction of sp³-hybridized carbons (Fsp3) is 0.588. The third-order valence-electron chi connectivity index (χ3n) is 7.71. The van der Waals surface area contributed by atoms with Gasteiger partial charge in [-0.05, 0) is 74.8 Å². The van der Waals surface area contributed by atoms with Crippen LogP contribution in [-0.2, 0) is 9.59 Å².